The van der Waals surface area contributed by atoms with Crippen molar-refractivity contribution in [1.82, 2.24) is 0 Å². The molecule has 4 rings (SSSR count). The van der Waals surface area contributed by atoms with Crippen LogP contribution in [0.2, 0.25) is 0 Å². The number of hydrogen-bond donors (Lipinski definition) is 6. The van der Waals surface area contributed by atoms with Gasteiger partial charge in [0.05, 0.1) is 30.9 Å². The maximum absolute atomic E-state index is 10.2. The van der Waals surface area contributed by atoms with Crippen LogP contribution >= 0.6 is 0 Å². The van der Waals surface area contributed by atoms with Crippen molar-refractivity contribution < 1.29 is 49.6 Å². The SMILES string of the molecule is COc1cc(C2=C(OC3OCC(O)C(O)C3O)C=C3C=CC(O)=CC3[OH+]2)cc(O)c1O. The average Bonchev–Trinajstić information content (AvgIpc) is 2.75. The van der Waals surface area contributed by atoms with Crippen LogP contribution < -0.4 is 4.74 Å². The highest BCUT2D eigenvalue weighted by Gasteiger charge is 2.41. The molecular weight excluding hydrogens is 412 g/mol. The molecule has 5 unspecified atom stereocenters. The van der Waals surface area contributed by atoms with Gasteiger partial charge < -0.3 is 49.6 Å². The molecule has 1 saturated heterocycles. The lowest BCUT2D eigenvalue weighted by molar-refractivity contribution is -0.257. The Hall–Kier alpha value is -3.18. The zero-order valence-electron chi connectivity index (χ0n) is 16.4. The van der Waals surface area contributed by atoms with Crippen molar-refractivity contribution in [2.24, 2.45) is 0 Å². The molecule has 0 bridgehead atoms. The monoisotopic (exact) mass is 435 g/mol. The molecule has 2 aliphatic heterocycles. The first kappa shape index (κ1) is 21.1. The number of phenolic OH excluding ortho intramolecular Hbond substituents is 2. The minimum atomic E-state index is -1.53. The maximum Gasteiger partial charge on any atom is 0.305 e. The van der Waals surface area contributed by atoms with E-state index < -0.39 is 42.2 Å². The molecule has 1 aromatic rings. The summed E-state index contributed by atoms with van der Waals surface area (Å²) in [5.74, 6) is -0.489. The van der Waals surface area contributed by atoms with Crippen molar-refractivity contribution in [1.29, 1.82) is 0 Å². The van der Waals surface area contributed by atoms with Gasteiger partial charge in [-0.05, 0) is 12.2 Å². The van der Waals surface area contributed by atoms with Gasteiger partial charge in [-0.2, -0.15) is 0 Å². The molecule has 0 radical (unpaired) electrons. The number of phenols is 2. The number of ether oxygens (including phenoxy) is 4. The second-order valence-electron chi connectivity index (χ2n) is 7.27. The Kier molecular flexibility index (Phi) is 5.54. The van der Waals surface area contributed by atoms with Crippen molar-refractivity contribution in [2.45, 2.75) is 30.7 Å². The summed E-state index contributed by atoms with van der Waals surface area (Å²) in [7, 11) is 1.33. The van der Waals surface area contributed by atoms with E-state index in [0.717, 1.165) is 0 Å². The summed E-state index contributed by atoms with van der Waals surface area (Å²) in [5, 5.41) is 59.7. The van der Waals surface area contributed by atoms with E-state index in [1.165, 1.54) is 31.4 Å². The van der Waals surface area contributed by atoms with Gasteiger partial charge in [0.25, 0.3) is 0 Å². The lowest BCUT2D eigenvalue weighted by Crippen LogP contribution is -2.53. The minimum Gasteiger partial charge on any atom is -0.571 e. The summed E-state index contributed by atoms with van der Waals surface area (Å²) in [6, 6.07) is 2.70. The average molecular weight is 435 g/mol. The summed E-state index contributed by atoms with van der Waals surface area (Å²) in [6.07, 6.45) is 0.197. The van der Waals surface area contributed by atoms with Crippen LogP contribution in [0.3, 0.4) is 0 Å². The summed E-state index contributed by atoms with van der Waals surface area (Å²) < 4.78 is 20.8. The second kappa shape index (κ2) is 8.16. The maximum atomic E-state index is 10.2. The normalized spacial score (nSPS) is 30.1. The van der Waals surface area contributed by atoms with Crippen molar-refractivity contribution in [3.63, 3.8) is 0 Å². The molecule has 7 N–H and O–H groups in total. The van der Waals surface area contributed by atoms with Crippen LogP contribution in [0.15, 0.2) is 53.5 Å². The first-order valence-corrected chi connectivity index (χ1v) is 9.47. The summed E-state index contributed by atoms with van der Waals surface area (Å²) in [6.45, 7) is -0.244. The first-order valence-electron chi connectivity index (χ1n) is 9.47. The number of rotatable bonds is 4. The van der Waals surface area contributed by atoms with E-state index in [0.29, 0.717) is 11.1 Å². The highest BCUT2D eigenvalue weighted by atomic mass is 16.7. The van der Waals surface area contributed by atoms with E-state index in [9.17, 15) is 30.6 Å². The van der Waals surface area contributed by atoms with Gasteiger partial charge in [0.2, 0.25) is 23.9 Å². The minimum absolute atomic E-state index is 0.00116. The number of allylic oxidation sites excluding steroid dienone is 2. The van der Waals surface area contributed by atoms with Gasteiger partial charge in [0, 0.05) is 18.2 Å². The summed E-state index contributed by atoms with van der Waals surface area (Å²) in [5.41, 5.74) is 1.00. The highest BCUT2D eigenvalue weighted by Crippen LogP contribution is 2.41. The number of aromatic hydroxyl groups is 2. The fourth-order valence-corrected chi connectivity index (χ4v) is 3.46. The quantitative estimate of drug-likeness (QED) is 0.284. The molecule has 10 nitrogen and oxygen atoms in total. The van der Waals surface area contributed by atoms with Crippen LogP contribution in [0, 0.1) is 0 Å². The van der Waals surface area contributed by atoms with Gasteiger partial charge in [0.1, 0.15) is 24.1 Å². The van der Waals surface area contributed by atoms with Crippen LogP contribution in [-0.2, 0) is 9.47 Å². The topological polar surface area (TPSA) is 162 Å². The third kappa shape index (κ3) is 3.93. The molecule has 1 aliphatic carbocycles. The zero-order chi connectivity index (χ0) is 22.3. The molecule has 0 aromatic heterocycles. The summed E-state index contributed by atoms with van der Waals surface area (Å²) >= 11 is 0. The van der Waals surface area contributed by atoms with Crippen LogP contribution in [-0.4, -0.2) is 79.8 Å². The van der Waals surface area contributed by atoms with Crippen molar-refractivity contribution in [3.8, 4) is 17.2 Å². The first-order chi connectivity index (χ1) is 14.8. The second-order valence-corrected chi connectivity index (χ2v) is 7.27. The van der Waals surface area contributed by atoms with Crippen LogP contribution in [0.25, 0.3) is 5.76 Å². The molecule has 2 heterocycles. The lowest BCUT2D eigenvalue weighted by Gasteiger charge is -2.35. The number of methoxy groups -OCH3 is 1. The molecule has 0 spiro atoms. The van der Waals surface area contributed by atoms with Crippen LogP contribution in [0.4, 0.5) is 0 Å². The number of hydrogen-bond acceptors (Lipinski definition) is 9. The van der Waals surface area contributed by atoms with E-state index in [4.69, 9.17) is 14.2 Å². The molecule has 31 heavy (non-hydrogen) atoms. The van der Waals surface area contributed by atoms with E-state index in [-0.39, 0.29) is 29.6 Å². The van der Waals surface area contributed by atoms with Gasteiger partial charge in [0.15, 0.2) is 11.5 Å². The van der Waals surface area contributed by atoms with Gasteiger partial charge in [-0.15, -0.1) is 0 Å². The van der Waals surface area contributed by atoms with Crippen molar-refractivity contribution >= 4 is 5.76 Å². The predicted molar refractivity (Wildman–Crippen MR) is 106 cm³/mol. The fourth-order valence-electron chi connectivity index (χ4n) is 3.46. The Bertz CT molecular complexity index is 992. The molecule has 166 valence electrons. The number of benzene rings is 1. The molecule has 0 amide bonds. The van der Waals surface area contributed by atoms with Gasteiger partial charge in [-0.3, -0.25) is 0 Å². The van der Waals surface area contributed by atoms with Gasteiger partial charge in [-0.1, -0.05) is 0 Å². The van der Waals surface area contributed by atoms with E-state index >= 15 is 0 Å². The third-order valence-corrected chi connectivity index (χ3v) is 5.16. The molecular formula is C21H23O10+. The molecule has 5 atom stereocenters. The molecule has 1 fully saturated rings. The molecule has 0 saturated carbocycles. The Morgan fingerprint density at radius 1 is 1.06 bits per heavy atom. The van der Waals surface area contributed by atoms with Gasteiger partial charge >= 0.3 is 5.76 Å². The van der Waals surface area contributed by atoms with E-state index in [1.54, 1.807) is 12.2 Å². The van der Waals surface area contributed by atoms with Gasteiger partial charge in [-0.25, -0.2) is 0 Å². The Labute approximate surface area is 176 Å². The summed E-state index contributed by atoms with van der Waals surface area (Å²) in [4.78, 5) is 0. The Morgan fingerprint density at radius 2 is 1.84 bits per heavy atom. The molecule has 1 aromatic carbocycles. The standard InChI is InChI=1S/C21H22O10/c1-28-15-6-10(4-12(23)17(15)25)20-16(5-9-2-3-11(22)7-14(9)30-20)31-21-19(27)18(26)13(24)8-29-21/h2-7,13-14,18-19,21-27H,8H2,1H3/p+1. The largest absolute Gasteiger partial charge is 0.571 e. The van der Waals surface area contributed by atoms with Crippen molar-refractivity contribution in [2.75, 3.05) is 13.7 Å². The lowest BCUT2D eigenvalue weighted by atomic mass is 9.98. The van der Waals surface area contributed by atoms with Crippen molar-refractivity contribution in [3.05, 3.63) is 59.1 Å². The predicted octanol–water partition coefficient (Wildman–Crippen LogP) is 0.0789. The van der Waals surface area contributed by atoms with Crippen LogP contribution in [0.1, 0.15) is 5.56 Å². The smallest absolute Gasteiger partial charge is 0.305 e. The Morgan fingerprint density at radius 3 is 2.58 bits per heavy atom. The number of fused-ring (bicyclic) bond motifs is 1. The fraction of sp³-hybridized carbons (Fsp3) is 0.333. The highest BCUT2D eigenvalue weighted by molar-refractivity contribution is 5.71. The number of aliphatic hydroxyl groups is 6. The Balaban J connectivity index is 1.76. The zero-order valence-corrected chi connectivity index (χ0v) is 16.4. The third-order valence-electron chi connectivity index (χ3n) is 5.16. The van der Waals surface area contributed by atoms with Crippen LogP contribution in [0.5, 0.6) is 17.2 Å². The molecule has 10 heteroatoms. The van der Waals surface area contributed by atoms with E-state index in [1.807, 2.05) is 0 Å². The number of aliphatic hydroxyl groups excluding tert-OH is 4. The van der Waals surface area contributed by atoms with E-state index in [2.05, 4.69) is 4.74 Å². The molecule has 3 aliphatic rings.